The molecule has 0 saturated heterocycles. The van der Waals surface area contributed by atoms with Crippen molar-refractivity contribution >= 4 is 29.1 Å². The van der Waals surface area contributed by atoms with E-state index >= 15 is 0 Å². The first kappa shape index (κ1) is 14.1. The first-order valence-corrected chi connectivity index (χ1v) is 7.68. The maximum Gasteiger partial charge on any atom is 0.338 e. The number of ether oxygens (including phenoxy) is 1. The molecular weight excluding hydrogens is 260 g/mol. The molecular formula is C14H20N2O2S. The molecule has 3 N–H and O–H groups in total. The van der Waals surface area contributed by atoms with Crippen molar-refractivity contribution in [2.75, 3.05) is 30.5 Å². The lowest BCUT2D eigenvalue weighted by Crippen LogP contribution is -2.18. The standard InChI is InChI=1S/C14H20N2O2S/c1-3-18-13(17)10-4-5-11(15)12(8-10)16-9-14(19-2)6-7-14/h4-5,8,16H,3,6-7,9,15H2,1-2H3. The quantitative estimate of drug-likeness (QED) is 0.619. The highest BCUT2D eigenvalue weighted by atomic mass is 32.2. The first-order valence-electron chi connectivity index (χ1n) is 6.46. The summed E-state index contributed by atoms with van der Waals surface area (Å²) < 4.78 is 5.34. The molecule has 0 heterocycles. The zero-order valence-corrected chi connectivity index (χ0v) is 12.2. The average molecular weight is 280 g/mol. The lowest BCUT2D eigenvalue weighted by molar-refractivity contribution is 0.0526. The van der Waals surface area contributed by atoms with E-state index in [1.165, 1.54) is 12.8 Å². The van der Waals surface area contributed by atoms with Crippen LogP contribution in [0.4, 0.5) is 11.4 Å². The number of nitrogen functional groups attached to an aromatic ring is 1. The third-order valence-corrected chi connectivity index (χ3v) is 4.82. The van der Waals surface area contributed by atoms with Crippen LogP contribution in [0, 0.1) is 0 Å². The smallest absolute Gasteiger partial charge is 0.338 e. The van der Waals surface area contributed by atoms with E-state index in [0.29, 0.717) is 22.6 Å². The van der Waals surface area contributed by atoms with Gasteiger partial charge in [-0.25, -0.2) is 4.79 Å². The fraction of sp³-hybridized carbons (Fsp3) is 0.500. The van der Waals surface area contributed by atoms with E-state index in [4.69, 9.17) is 10.5 Å². The predicted octanol–water partition coefficient (Wildman–Crippen LogP) is 2.75. The molecule has 0 unspecified atom stereocenters. The van der Waals surface area contributed by atoms with Gasteiger partial charge < -0.3 is 15.8 Å². The number of esters is 1. The fourth-order valence-electron chi connectivity index (χ4n) is 1.90. The molecule has 0 radical (unpaired) electrons. The van der Waals surface area contributed by atoms with Crippen LogP contribution in [0.5, 0.6) is 0 Å². The molecule has 0 bridgehead atoms. The summed E-state index contributed by atoms with van der Waals surface area (Å²) in [4.78, 5) is 11.7. The molecule has 0 aliphatic heterocycles. The van der Waals surface area contributed by atoms with E-state index < -0.39 is 0 Å². The monoisotopic (exact) mass is 280 g/mol. The second-order valence-electron chi connectivity index (χ2n) is 4.76. The van der Waals surface area contributed by atoms with Gasteiger partial charge in [-0.2, -0.15) is 11.8 Å². The molecule has 104 valence electrons. The van der Waals surface area contributed by atoms with E-state index in [2.05, 4.69) is 11.6 Å². The van der Waals surface area contributed by atoms with Gasteiger partial charge in [-0.05, 0) is 44.2 Å². The second-order valence-corrected chi connectivity index (χ2v) is 6.04. The van der Waals surface area contributed by atoms with E-state index in [1.807, 2.05) is 11.8 Å². The predicted molar refractivity (Wildman–Crippen MR) is 80.8 cm³/mol. The van der Waals surface area contributed by atoms with Crippen LogP contribution in [0.2, 0.25) is 0 Å². The number of thioether (sulfide) groups is 1. The summed E-state index contributed by atoms with van der Waals surface area (Å²) in [5.41, 5.74) is 7.94. The van der Waals surface area contributed by atoms with Crippen molar-refractivity contribution in [2.24, 2.45) is 0 Å². The molecule has 5 heteroatoms. The molecule has 1 aliphatic carbocycles. The van der Waals surface area contributed by atoms with Crippen LogP contribution < -0.4 is 11.1 Å². The molecule has 0 aromatic heterocycles. The third kappa shape index (κ3) is 3.35. The molecule has 1 aromatic rings. The van der Waals surface area contributed by atoms with Gasteiger partial charge in [0.25, 0.3) is 0 Å². The lowest BCUT2D eigenvalue weighted by atomic mass is 10.1. The van der Waals surface area contributed by atoms with Crippen LogP contribution in [0.1, 0.15) is 30.1 Å². The summed E-state index contributed by atoms with van der Waals surface area (Å²) in [5.74, 6) is -0.309. The van der Waals surface area contributed by atoms with Crippen LogP contribution in [0.3, 0.4) is 0 Å². The maximum atomic E-state index is 11.7. The van der Waals surface area contributed by atoms with Gasteiger partial charge in [-0.3, -0.25) is 0 Å². The Morgan fingerprint density at radius 2 is 2.26 bits per heavy atom. The normalized spacial score (nSPS) is 15.9. The number of anilines is 2. The number of benzene rings is 1. The Morgan fingerprint density at radius 3 is 2.84 bits per heavy atom. The highest BCUT2D eigenvalue weighted by Crippen LogP contribution is 2.47. The fourth-order valence-corrected chi connectivity index (χ4v) is 2.63. The summed E-state index contributed by atoms with van der Waals surface area (Å²) in [5, 5.41) is 3.35. The molecule has 0 spiro atoms. The van der Waals surface area contributed by atoms with Gasteiger partial charge in [0.2, 0.25) is 0 Å². The first-order chi connectivity index (χ1) is 9.10. The summed E-state index contributed by atoms with van der Waals surface area (Å²) in [7, 11) is 0. The lowest BCUT2D eigenvalue weighted by Gasteiger charge is -2.16. The zero-order valence-electron chi connectivity index (χ0n) is 11.4. The number of carbonyl (C=O) groups is 1. The van der Waals surface area contributed by atoms with Crippen molar-refractivity contribution < 1.29 is 9.53 Å². The minimum atomic E-state index is -0.309. The van der Waals surface area contributed by atoms with Crippen molar-refractivity contribution in [3.8, 4) is 0 Å². The van der Waals surface area contributed by atoms with E-state index in [-0.39, 0.29) is 5.97 Å². The number of carbonyl (C=O) groups excluding carboxylic acids is 1. The Balaban J connectivity index is 2.06. The molecule has 1 aromatic carbocycles. The van der Waals surface area contributed by atoms with Crippen LogP contribution in [0.15, 0.2) is 18.2 Å². The van der Waals surface area contributed by atoms with E-state index in [1.54, 1.807) is 25.1 Å². The molecule has 0 atom stereocenters. The van der Waals surface area contributed by atoms with Crippen LogP contribution in [-0.2, 0) is 4.74 Å². The Hall–Kier alpha value is -1.36. The topological polar surface area (TPSA) is 64.3 Å². The zero-order chi connectivity index (χ0) is 13.9. The van der Waals surface area contributed by atoms with Gasteiger partial charge in [0.05, 0.1) is 23.5 Å². The summed E-state index contributed by atoms with van der Waals surface area (Å²) in [6.07, 6.45) is 4.60. The second kappa shape index (κ2) is 5.74. The summed E-state index contributed by atoms with van der Waals surface area (Å²) in [6.45, 7) is 3.05. The van der Waals surface area contributed by atoms with Crippen molar-refractivity contribution in [1.82, 2.24) is 0 Å². The van der Waals surface area contributed by atoms with Gasteiger partial charge >= 0.3 is 5.97 Å². The summed E-state index contributed by atoms with van der Waals surface area (Å²) in [6, 6.07) is 5.21. The maximum absolute atomic E-state index is 11.7. The van der Waals surface area contributed by atoms with Crippen molar-refractivity contribution in [1.29, 1.82) is 0 Å². The van der Waals surface area contributed by atoms with Crippen LogP contribution in [-0.4, -0.2) is 30.1 Å². The Bertz CT molecular complexity index is 473. The minimum Gasteiger partial charge on any atom is -0.462 e. The minimum absolute atomic E-state index is 0.309. The van der Waals surface area contributed by atoms with Gasteiger partial charge in [0.1, 0.15) is 0 Å². The Morgan fingerprint density at radius 1 is 1.53 bits per heavy atom. The highest BCUT2D eigenvalue weighted by Gasteiger charge is 2.41. The average Bonchev–Trinajstić information content (AvgIpc) is 3.19. The van der Waals surface area contributed by atoms with Crippen molar-refractivity contribution in [3.63, 3.8) is 0 Å². The van der Waals surface area contributed by atoms with E-state index in [0.717, 1.165) is 12.2 Å². The van der Waals surface area contributed by atoms with Gasteiger partial charge in [-0.15, -0.1) is 0 Å². The number of nitrogens with two attached hydrogens (primary N) is 1. The molecule has 4 nitrogen and oxygen atoms in total. The van der Waals surface area contributed by atoms with Crippen molar-refractivity contribution in [3.05, 3.63) is 23.8 Å². The van der Waals surface area contributed by atoms with Crippen LogP contribution in [0.25, 0.3) is 0 Å². The Labute approximate surface area is 118 Å². The molecule has 19 heavy (non-hydrogen) atoms. The summed E-state index contributed by atoms with van der Waals surface area (Å²) >= 11 is 1.89. The number of hydrogen-bond acceptors (Lipinski definition) is 5. The highest BCUT2D eigenvalue weighted by molar-refractivity contribution is 8.00. The number of rotatable bonds is 6. The third-order valence-electron chi connectivity index (χ3n) is 3.41. The van der Waals surface area contributed by atoms with Gasteiger partial charge in [-0.1, -0.05) is 0 Å². The SMILES string of the molecule is CCOC(=O)c1ccc(N)c(NCC2(SC)CC2)c1. The van der Waals surface area contributed by atoms with Crippen molar-refractivity contribution in [2.45, 2.75) is 24.5 Å². The van der Waals surface area contributed by atoms with Gasteiger partial charge in [0, 0.05) is 11.3 Å². The van der Waals surface area contributed by atoms with E-state index in [9.17, 15) is 4.79 Å². The molecule has 1 saturated carbocycles. The van der Waals surface area contributed by atoms with Crippen LogP contribution >= 0.6 is 11.8 Å². The molecule has 2 rings (SSSR count). The largest absolute Gasteiger partial charge is 0.462 e. The molecule has 1 fully saturated rings. The number of nitrogens with one attached hydrogen (secondary N) is 1. The molecule has 1 aliphatic rings. The Kier molecular flexibility index (Phi) is 4.24. The molecule has 0 amide bonds. The van der Waals surface area contributed by atoms with Gasteiger partial charge in [0.15, 0.2) is 0 Å². The number of hydrogen-bond donors (Lipinski definition) is 2.